The Hall–Kier alpha value is -3.18. The van der Waals surface area contributed by atoms with Gasteiger partial charge in [0, 0.05) is 23.7 Å². The molecule has 1 fully saturated rings. The Kier molecular flexibility index (Phi) is 6.22. The summed E-state index contributed by atoms with van der Waals surface area (Å²) in [5.41, 5.74) is 0.124. The minimum Gasteiger partial charge on any atom is -0.496 e. The second-order valence-electron chi connectivity index (χ2n) is 6.59. The van der Waals surface area contributed by atoms with Crippen LogP contribution in [-0.2, 0) is 21.4 Å². The van der Waals surface area contributed by atoms with Gasteiger partial charge in [-0.1, -0.05) is 0 Å². The molecule has 10 nitrogen and oxygen atoms in total. The van der Waals surface area contributed by atoms with Crippen LogP contribution in [0.2, 0.25) is 0 Å². The topological polar surface area (TPSA) is 134 Å². The molecule has 2 aromatic rings. The number of non-ortho nitro benzene ring substituents is 1. The molecule has 1 N–H and O–H groups in total. The van der Waals surface area contributed by atoms with Gasteiger partial charge in [0.15, 0.2) is 0 Å². The second-order valence-corrected chi connectivity index (χ2v) is 8.27. The highest BCUT2D eigenvalue weighted by molar-refractivity contribution is 7.89. The van der Waals surface area contributed by atoms with Gasteiger partial charge in [0.2, 0.25) is 10.0 Å². The van der Waals surface area contributed by atoms with Crippen molar-refractivity contribution in [3.63, 3.8) is 0 Å². The van der Waals surface area contributed by atoms with Crippen molar-refractivity contribution >= 4 is 21.7 Å². The molecule has 160 valence electrons. The predicted molar refractivity (Wildman–Crippen MR) is 105 cm³/mol. The van der Waals surface area contributed by atoms with Crippen LogP contribution in [0.15, 0.2) is 41.3 Å². The van der Waals surface area contributed by atoms with Crippen molar-refractivity contribution in [1.29, 1.82) is 0 Å². The zero-order valence-corrected chi connectivity index (χ0v) is 17.1. The lowest BCUT2D eigenvalue weighted by molar-refractivity contribution is -0.385. The highest BCUT2D eigenvalue weighted by Crippen LogP contribution is 2.29. The smallest absolute Gasteiger partial charge is 0.338 e. The van der Waals surface area contributed by atoms with E-state index in [2.05, 4.69) is 4.72 Å². The molecule has 0 aromatic heterocycles. The summed E-state index contributed by atoms with van der Waals surface area (Å²) in [5, 5.41) is 11.0. The molecule has 3 rings (SSSR count). The van der Waals surface area contributed by atoms with Crippen molar-refractivity contribution in [2.75, 3.05) is 14.2 Å². The highest BCUT2D eigenvalue weighted by atomic mass is 32.2. The molecule has 1 aliphatic rings. The van der Waals surface area contributed by atoms with Crippen molar-refractivity contribution in [3.8, 4) is 11.5 Å². The van der Waals surface area contributed by atoms with E-state index in [1.165, 1.54) is 50.6 Å². The summed E-state index contributed by atoms with van der Waals surface area (Å²) in [6.07, 6.45) is 1.52. The lowest BCUT2D eigenvalue weighted by atomic mass is 10.2. The van der Waals surface area contributed by atoms with E-state index < -0.39 is 20.9 Å². The van der Waals surface area contributed by atoms with Crippen LogP contribution in [0.5, 0.6) is 11.5 Å². The number of rotatable bonds is 9. The summed E-state index contributed by atoms with van der Waals surface area (Å²) in [7, 11) is -1.15. The van der Waals surface area contributed by atoms with E-state index in [0.717, 1.165) is 12.8 Å². The number of nitro benzene ring substituents is 1. The fourth-order valence-electron chi connectivity index (χ4n) is 2.72. The van der Waals surface area contributed by atoms with Crippen LogP contribution in [-0.4, -0.2) is 39.6 Å². The van der Waals surface area contributed by atoms with Gasteiger partial charge in [0.05, 0.1) is 24.7 Å². The van der Waals surface area contributed by atoms with Crippen molar-refractivity contribution in [1.82, 2.24) is 4.72 Å². The maximum absolute atomic E-state index is 12.6. The molecular weight excluding hydrogens is 416 g/mol. The molecule has 2 aromatic carbocycles. The van der Waals surface area contributed by atoms with Crippen LogP contribution in [0, 0.1) is 10.1 Å². The zero-order chi connectivity index (χ0) is 21.9. The van der Waals surface area contributed by atoms with Gasteiger partial charge in [-0.05, 0) is 37.1 Å². The van der Waals surface area contributed by atoms with Gasteiger partial charge in [-0.25, -0.2) is 17.9 Å². The van der Waals surface area contributed by atoms with Crippen LogP contribution in [0.1, 0.15) is 28.8 Å². The molecule has 0 radical (unpaired) electrons. The molecule has 0 saturated heterocycles. The average Bonchev–Trinajstić information content (AvgIpc) is 3.54. The van der Waals surface area contributed by atoms with Gasteiger partial charge in [-0.3, -0.25) is 10.1 Å². The summed E-state index contributed by atoms with van der Waals surface area (Å²) in [5.74, 6) is -0.380. The van der Waals surface area contributed by atoms with E-state index in [9.17, 15) is 23.3 Å². The number of carbonyl (C=O) groups is 1. The van der Waals surface area contributed by atoms with Gasteiger partial charge in [-0.2, -0.15) is 0 Å². The lowest BCUT2D eigenvalue weighted by Crippen LogP contribution is -2.26. The van der Waals surface area contributed by atoms with Gasteiger partial charge < -0.3 is 14.2 Å². The molecule has 11 heteroatoms. The number of sulfonamides is 1. The highest BCUT2D eigenvalue weighted by Gasteiger charge is 2.30. The SMILES string of the molecule is COc1ccc([N+](=O)[O-])cc1COC(=O)c1ccc(OC)c(S(=O)(=O)NC2CC2)c1. The van der Waals surface area contributed by atoms with Crippen molar-refractivity contribution < 1.29 is 32.3 Å². The number of hydrogen-bond donors (Lipinski definition) is 1. The van der Waals surface area contributed by atoms with Crippen LogP contribution in [0.3, 0.4) is 0 Å². The Morgan fingerprint density at radius 1 is 1.13 bits per heavy atom. The standard InChI is InChI=1S/C19H20N2O8S/c1-27-16-8-6-15(21(23)24)9-13(16)11-29-19(22)12-3-7-17(28-2)18(10-12)30(25,26)20-14-4-5-14/h3,6-10,14,20H,4-5,11H2,1-2H3. The first-order valence-electron chi connectivity index (χ1n) is 8.94. The normalized spacial score (nSPS) is 13.5. The van der Waals surface area contributed by atoms with Crippen LogP contribution in [0.25, 0.3) is 0 Å². The van der Waals surface area contributed by atoms with Gasteiger partial charge in [0.1, 0.15) is 23.0 Å². The van der Waals surface area contributed by atoms with Crippen LogP contribution in [0.4, 0.5) is 5.69 Å². The molecule has 0 amide bonds. The van der Waals surface area contributed by atoms with E-state index in [0.29, 0.717) is 11.3 Å². The van der Waals surface area contributed by atoms with Gasteiger partial charge in [0.25, 0.3) is 5.69 Å². The molecule has 0 spiro atoms. The Balaban J connectivity index is 1.81. The minimum absolute atomic E-state index is 0.00336. The number of hydrogen-bond acceptors (Lipinski definition) is 8. The number of esters is 1. The maximum Gasteiger partial charge on any atom is 0.338 e. The summed E-state index contributed by atoms with van der Waals surface area (Å²) in [4.78, 5) is 22.7. The van der Waals surface area contributed by atoms with Crippen LogP contribution < -0.4 is 14.2 Å². The fourth-order valence-corrected chi connectivity index (χ4v) is 4.22. The van der Waals surface area contributed by atoms with E-state index in [-0.39, 0.29) is 34.5 Å². The molecular formula is C19H20N2O8S. The minimum atomic E-state index is -3.87. The lowest BCUT2D eigenvalue weighted by Gasteiger charge is -2.13. The Labute approximate surface area is 173 Å². The molecule has 0 bridgehead atoms. The number of methoxy groups -OCH3 is 2. The van der Waals surface area contributed by atoms with Crippen LogP contribution >= 0.6 is 0 Å². The first kappa shape index (κ1) is 21.5. The summed E-state index contributed by atoms with van der Waals surface area (Å²) < 4.78 is 43.2. The molecule has 0 aliphatic heterocycles. The first-order valence-corrected chi connectivity index (χ1v) is 10.4. The number of nitrogens with one attached hydrogen (secondary N) is 1. The van der Waals surface area contributed by atoms with E-state index >= 15 is 0 Å². The third-order valence-corrected chi connectivity index (χ3v) is 5.96. The Morgan fingerprint density at radius 2 is 1.80 bits per heavy atom. The number of benzene rings is 2. The molecule has 1 saturated carbocycles. The molecule has 1 aliphatic carbocycles. The summed E-state index contributed by atoms with van der Waals surface area (Å²) >= 11 is 0. The number of carbonyl (C=O) groups excluding carboxylic acids is 1. The average molecular weight is 436 g/mol. The predicted octanol–water partition coefficient (Wildman–Crippen LogP) is 2.41. The largest absolute Gasteiger partial charge is 0.496 e. The first-order chi connectivity index (χ1) is 14.2. The van der Waals surface area contributed by atoms with Gasteiger partial charge >= 0.3 is 5.97 Å². The molecule has 0 unspecified atom stereocenters. The monoisotopic (exact) mass is 436 g/mol. The third kappa shape index (κ3) is 4.86. The molecule has 0 heterocycles. The zero-order valence-electron chi connectivity index (χ0n) is 16.3. The molecule has 30 heavy (non-hydrogen) atoms. The van der Waals surface area contributed by atoms with Crippen molar-refractivity contribution in [3.05, 3.63) is 57.6 Å². The van der Waals surface area contributed by atoms with E-state index in [4.69, 9.17) is 14.2 Å². The van der Waals surface area contributed by atoms with Gasteiger partial charge in [-0.15, -0.1) is 0 Å². The number of nitro groups is 1. The fraction of sp³-hybridized carbons (Fsp3) is 0.316. The van der Waals surface area contributed by atoms with E-state index in [1.54, 1.807) is 0 Å². The number of nitrogens with zero attached hydrogens (tertiary/aromatic N) is 1. The Morgan fingerprint density at radius 3 is 2.40 bits per heavy atom. The quantitative estimate of drug-likeness (QED) is 0.360. The maximum atomic E-state index is 12.6. The third-order valence-electron chi connectivity index (χ3n) is 4.42. The summed E-state index contributed by atoms with van der Waals surface area (Å²) in [6, 6.07) is 7.73. The van der Waals surface area contributed by atoms with Crippen molar-refractivity contribution in [2.24, 2.45) is 0 Å². The van der Waals surface area contributed by atoms with Crippen molar-refractivity contribution in [2.45, 2.75) is 30.4 Å². The molecule has 0 atom stereocenters. The Bertz CT molecular complexity index is 1080. The second kappa shape index (κ2) is 8.67. The number of ether oxygens (including phenoxy) is 3. The summed E-state index contributed by atoms with van der Waals surface area (Å²) in [6.45, 7) is -0.294. The van der Waals surface area contributed by atoms with E-state index in [1.807, 2.05) is 0 Å².